The monoisotopic (exact) mass is 478 g/mol. The maximum absolute atomic E-state index is 10.8. The van der Waals surface area contributed by atoms with Crippen molar-refractivity contribution < 1.29 is 14.6 Å². The highest BCUT2D eigenvalue weighted by Crippen LogP contribution is 2.29. The van der Waals surface area contributed by atoms with E-state index < -0.39 is 5.97 Å². The number of fused-ring (bicyclic) bond motifs is 2. The van der Waals surface area contributed by atoms with Crippen LogP contribution in [0.15, 0.2) is 84.1 Å². The molecule has 168 valence electrons. The second-order valence-electron chi connectivity index (χ2n) is 7.72. The van der Waals surface area contributed by atoms with Crippen LogP contribution in [-0.2, 0) is 9.53 Å². The van der Waals surface area contributed by atoms with Crippen molar-refractivity contribution in [2.75, 3.05) is 18.5 Å². The molecule has 0 unspecified atom stereocenters. The summed E-state index contributed by atoms with van der Waals surface area (Å²) < 4.78 is 6.52. The van der Waals surface area contributed by atoms with Gasteiger partial charge in [0.05, 0.1) is 9.88 Å². The van der Waals surface area contributed by atoms with Crippen LogP contribution in [0.5, 0.6) is 0 Å². The maximum atomic E-state index is 10.8. The fraction of sp³-hybridized carbons (Fsp3) is 0.154. The van der Waals surface area contributed by atoms with E-state index in [1.165, 1.54) is 11.1 Å². The average Bonchev–Trinajstić information content (AvgIpc) is 3.37. The molecule has 0 saturated heterocycles. The minimum absolute atomic E-state index is 0. The van der Waals surface area contributed by atoms with Crippen LogP contribution in [0.2, 0.25) is 0 Å². The number of hydrogen-bond acceptors (Lipinski definition) is 5. The van der Waals surface area contributed by atoms with Crippen molar-refractivity contribution in [3.05, 3.63) is 105 Å². The predicted octanol–water partition coefficient (Wildman–Crippen LogP) is 4.07. The van der Waals surface area contributed by atoms with Crippen LogP contribution >= 0.6 is 23.7 Å². The number of carboxylic acid groups (broad SMARTS) is 1. The van der Waals surface area contributed by atoms with Gasteiger partial charge in [0.2, 0.25) is 0 Å². The molecule has 0 radical (unpaired) electrons. The summed E-state index contributed by atoms with van der Waals surface area (Å²) in [6.45, 7) is 0.411. The third kappa shape index (κ3) is 5.02. The standard InChI is InChI=1S/C26H22N2O3S.ClH/c29-24(30)16-31-20-12-11-19-13-23-25(21(19)14-20)28-26(32-23)27-15-22(17-7-3-1-4-8-17)18-9-5-2-6-10-18;/h1-13,22H,14-16H2,(H,27,28)(H,29,30);1H. The summed E-state index contributed by atoms with van der Waals surface area (Å²) in [4.78, 5) is 15.7. The van der Waals surface area contributed by atoms with Gasteiger partial charge in [-0.3, -0.25) is 0 Å². The van der Waals surface area contributed by atoms with E-state index in [4.69, 9.17) is 14.8 Å². The Hall–Kier alpha value is -3.35. The smallest absolute Gasteiger partial charge is 0.341 e. The molecule has 0 aliphatic heterocycles. The van der Waals surface area contributed by atoms with Gasteiger partial charge in [-0.15, -0.1) is 12.4 Å². The van der Waals surface area contributed by atoms with Crippen molar-refractivity contribution in [3.63, 3.8) is 0 Å². The first-order valence-corrected chi connectivity index (χ1v) is 11.3. The Labute approximate surface area is 201 Å². The SMILES string of the molecule is Cl.O=C(O)COC1=CC=C2C=c3sc(NCC(c4ccccc4)c4ccccc4)nc3=C2C1. The van der Waals surface area contributed by atoms with E-state index >= 15 is 0 Å². The van der Waals surface area contributed by atoms with Gasteiger partial charge in [-0.2, -0.15) is 0 Å². The molecule has 33 heavy (non-hydrogen) atoms. The molecular formula is C26H23ClN2O3S. The largest absolute Gasteiger partial charge is 0.486 e. The molecule has 0 amide bonds. The molecule has 0 spiro atoms. The quantitative estimate of drug-likeness (QED) is 0.510. The molecule has 7 heteroatoms. The first kappa shape index (κ1) is 22.8. The van der Waals surface area contributed by atoms with E-state index in [1.54, 1.807) is 11.3 Å². The van der Waals surface area contributed by atoms with Crippen molar-refractivity contribution in [1.29, 1.82) is 0 Å². The molecule has 0 atom stereocenters. The predicted molar refractivity (Wildman–Crippen MR) is 134 cm³/mol. The van der Waals surface area contributed by atoms with E-state index in [9.17, 15) is 4.79 Å². The maximum Gasteiger partial charge on any atom is 0.341 e. The summed E-state index contributed by atoms with van der Waals surface area (Å²) in [6.07, 6.45) is 6.52. The van der Waals surface area contributed by atoms with Crippen molar-refractivity contribution in [3.8, 4) is 0 Å². The van der Waals surface area contributed by atoms with Gasteiger partial charge in [-0.25, -0.2) is 9.78 Å². The fourth-order valence-corrected chi connectivity index (χ4v) is 5.03. The molecular weight excluding hydrogens is 456 g/mol. The first-order chi connectivity index (χ1) is 15.7. The van der Waals surface area contributed by atoms with Crippen molar-refractivity contribution in [2.24, 2.45) is 0 Å². The highest BCUT2D eigenvalue weighted by molar-refractivity contribution is 7.13. The summed E-state index contributed by atoms with van der Waals surface area (Å²) in [7, 11) is 0. The number of benzene rings is 2. The normalized spacial score (nSPS) is 13.8. The zero-order valence-electron chi connectivity index (χ0n) is 17.7. The molecule has 2 aromatic carbocycles. The number of halogens is 1. The summed E-state index contributed by atoms with van der Waals surface area (Å²) in [5.74, 6) is -0.101. The number of allylic oxidation sites excluding steroid dienone is 4. The summed E-state index contributed by atoms with van der Waals surface area (Å²) in [5.41, 5.74) is 4.74. The first-order valence-electron chi connectivity index (χ1n) is 10.5. The molecule has 5 rings (SSSR count). The number of thiazole rings is 1. The molecule has 3 aromatic rings. The van der Waals surface area contributed by atoms with Crippen LogP contribution in [0.4, 0.5) is 5.13 Å². The molecule has 5 nitrogen and oxygen atoms in total. The third-order valence-corrected chi connectivity index (χ3v) is 6.58. The lowest BCUT2D eigenvalue weighted by molar-refractivity contribution is -0.140. The van der Waals surface area contributed by atoms with E-state index in [2.05, 4.69) is 59.9 Å². The van der Waals surface area contributed by atoms with Crippen LogP contribution in [0.1, 0.15) is 23.5 Å². The summed E-state index contributed by atoms with van der Waals surface area (Å²) in [6, 6.07) is 21.0. The van der Waals surface area contributed by atoms with Gasteiger partial charge in [-0.05, 0) is 34.4 Å². The number of aromatic nitrogens is 1. The minimum Gasteiger partial charge on any atom is -0.486 e. The number of anilines is 1. The van der Waals surface area contributed by atoms with E-state index in [-0.39, 0.29) is 24.9 Å². The number of aliphatic carboxylic acids is 1. The molecule has 0 fully saturated rings. The second kappa shape index (κ2) is 10.1. The Morgan fingerprint density at radius 2 is 1.73 bits per heavy atom. The van der Waals surface area contributed by atoms with Crippen LogP contribution in [0.25, 0.3) is 11.6 Å². The van der Waals surface area contributed by atoms with Gasteiger partial charge < -0.3 is 15.2 Å². The van der Waals surface area contributed by atoms with Crippen LogP contribution in [0.3, 0.4) is 0 Å². The fourth-order valence-electron chi connectivity index (χ4n) is 4.08. The van der Waals surface area contributed by atoms with Crippen molar-refractivity contribution in [2.45, 2.75) is 12.3 Å². The summed E-state index contributed by atoms with van der Waals surface area (Å²) >= 11 is 1.64. The Morgan fingerprint density at radius 3 is 2.36 bits per heavy atom. The van der Waals surface area contributed by atoms with Crippen LogP contribution in [-0.4, -0.2) is 29.2 Å². The Balaban J connectivity index is 0.00000259. The molecule has 0 bridgehead atoms. The zero-order chi connectivity index (χ0) is 21.9. The minimum atomic E-state index is -0.976. The number of rotatable bonds is 8. The number of nitrogens with one attached hydrogen (secondary N) is 1. The highest BCUT2D eigenvalue weighted by atomic mass is 35.5. The Morgan fingerprint density at radius 1 is 1.06 bits per heavy atom. The van der Waals surface area contributed by atoms with Gasteiger partial charge >= 0.3 is 5.97 Å². The summed E-state index contributed by atoms with van der Waals surface area (Å²) in [5, 5.41) is 14.3. The lowest BCUT2D eigenvalue weighted by atomic mass is 9.91. The topological polar surface area (TPSA) is 71.5 Å². The Bertz CT molecular complexity index is 1290. The van der Waals surface area contributed by atoms with Crippen molar-refractivity contribution >= 4 is 46.5 Å². The second-order valence-corrected chi connectivity index (χ2v) is 8.75. The molecule has 2 N–H and O–H groups in total. The van der Waals surface area contributed by atoms with Gasteiger partial charge in [0, 0.05) is 18.9 Å². The number of carbonyl (C=O) groups is 1. The molecule has 0 saturated carbocycles. The number of ether oxygens (including phenoxy) is 1. The third-order valence-electron chi connectivity index (χ3n) is 5.62. The average molecular weight is 479 g/mol. The Kier molecular flexibility index (Phi) is 6.96. The van der Waals surface area contributed by atoms with Gasteiger partial charge in [0.15, 0.2) is 11.7 Å². The zero-order valence-corrected chi connectivity index (χ0v) is 19.4. The van der Waals surface area contributed by atoms with E-state index in [1.807, 2.05) is 24.3 Å². The van der Waals surface area contributed by atoms with Gasteiger partial charge in [0.25, 0.3) is 0 Å². The lowest BCUT2D eigenvalue weighted by Gasteiger charge is -2.18. The number of carboxylic acids is 1. The van der Waals surface area contributed by atoms with Crippen LogP contribution < -0.4 is 15.2 Å². The lowest BCUT2D eigenvalue weighted by Crippen LogP contribution is -2.21. The van der Waals surface area contributed by atoms with Gasteiger partial charge in [-0.1, -0.05) is 78.1 Å². The molecule has 2 aliphatic rings. The molecule has 1 aromatic heterocycles. The van der Waals surface area contributed by atoms with E-state index in [0.717, 1.165) is 32.7 Å². The molecule has 1 heterocycles. The van der Waals surface area contributed by atoms with Gasteiger partial charge in [0.1, 0.15) is 5.76 Å². The highest BCUT2D eigenvalue weighted by Gasteiger charge is 2.21. The molecule has 2 aliphatic carbocycles. The number of hydrogen-bond donors (Lipinski definition) is 2. The van der Waals surface area contributed by atoms with Crippen molar-refractivity contribution in [1.82, 2.24) is 4.98 Å². The number of nitrogens with zero attached hydrogens (tertiary/aromatic N) is 1. The van der Waals surface area contributed by atoms with Crippen LogP contribution in [0, 0.1) is 0 Å². The van der Waals surface area contributed by atoms with E-state index in [0.29, 0.717) is 12.2 Å².